The molecule has 2 atom stereocenters. The number of hydrogen-bond donors (Lipinski definition) is 2. The quantitative estimate of drug-likeness (QED) is 0.883. The van der Waals surface area contributed by atoms with Crippen LogP contribution < -0.4 is 4.72 Å². The minimum atomic E-state index is -3.61. The number of hydrogen-bond acceptors (Lipinski definition) is 3. The molecule has 2 aromatic carbocycles. The Hall–Kier alpha value is -1.69. The van der Waals surface area contributed by atoms with E-state index in [9.17, 15) is 13.5 Å². The largest absolute Gasteiger partial charge is 0.386 e. The molecule has 0 fully saturated rings. The van der Waals surface area contributed by atoms with Crippen molar-refractivity contribution in [2.24, 2.45) is 0 Å². The third-order valence-corrected chi connectivity index (χ3v) is 5.88. The summed E-state index contributed by atoms with van der Waals surface area (Å²) in [6.07, 6.45) is -0.976. The van der Waals surface area contributed by atoms with Crippen molar-refractivity contribution in [2.45, 2.75) is 37.7 Å². The summed E-state index contributed by atoms with van der Waals surface area (Å²) in [5.41, 5.74) is 1.38. The standard InChI is InChI=1S/C18H23NO3S/c1-18(2,3)23(21,22)19-16(14-10-6-4-7-11-14)17(20)15-12-8-5-9-13-15/h4-13,16-17,19-20H,1-3H3/t16-,17-/m1/s1. The Morgan fingerprint density at radius 3 is 1.74 bits per heavy atom. The van der Waals surface area contributed by atoms with Gasteiger partial charge in [-0.25, -0.2) is 13.1 Å². The fraction of sp³-hybridized carbons (Fsp3) is 0.333. The minimum absolute atomic E-state index is 0.665. The number of aliphatic hydroxyl groups is 1. The van der Waals surface area contributed by atoms with Crippen molar-refractivity contribution in [2.75, 3.05) is 0 Å². The lowest BCUT2D eigenvalue weighted by Crippen LogP contribution is -2.42. The average Bonchev–Trinajstić information content (AvgIpc) is 2.52. The first kappa shape index (κ1) is 17.7. The van der Waals surface area contributed by atoms with Gasteiger partial charge in [-0.3, -0.25) is 0 Å². The second-order valence-electron chi connectivity index (χ2n) is 6.48. The zero-order valence-corrected chi connectivity index (χ0v) is 14.4. The van der Waals surface area contributed by atoms with Crippen LogP contribution in [-0.2, 0) is 10.0 Å². The van der Waals surface area contributed by atoms with Gasteiger partial charge in [0.25, 0.3) is 0 Å². The van der Waals surface area contributed by atoms with Gasteiger partial charge in [-0.1, -0.05) is 60.7 Å². The Balaban J connectivity index is 2.42. The fourth-order valence-corrected chi connectivity index (χ4v) is 3.11. The summed E-state index contributed by atoms with van der Waals surface area (Å²) in [5, 5.41) is 10.7. The van der Waals surface area contributed by atoms with Gasteiger partial charge in [0, 0.05) is 0 Å². The molecule has 124 valence electrons. The summed E-state index contributed by atoms with van der Waals surface area (Å²) >= 11 is 0. The highest BCUT2D eigenvalue weighted by Crippen LogP contribution is 2.31. The van der Waals surface area contributed by atoms with Gasteiger partial charge >= 0.3 is 0 Å². The average molecular weight is 333 g/mol. The van der Waals surface area contributed by atoms with Crippen molar-refractivity contribution in [3.63, 3.8) is 0 Å². The van der Waals surface area contributed by atoms with E-state index in [1.165, 1.54) is 0 Å². The molecule has 0 unspecified atom stereocenters. The molecule has 5 heteroatoms. The number of rotatable bonds is 5. The van der Waals surface area contributed by atoms with E-state index < -0.39 is 26.9 Å². The van der Waals surface area contributed by atoms with Crippen molar-refractivity contribution < 1.29 is 13.5 Å². The molecule has 2 N–H and O–H groups in total. The maximum Gasteiger partial charge on any atom is 0.217 e. The zero-order valence-electron chi connectivity index (χ0n) is 13.6. The van der Waals surface area contributed by atoms with E-state index in [0.717, 1.165) is 5.56 Å². The van der Waals surface area contributed by atoms with Gasteiger partial charge in [0.05, 0.1) is 16.9 Å². The lowest BCUT2D eigenvalue weighted by Gasteiger charge is -2.29. The van der Waals surface area contributed by atoms with Crippen molar-refractivity contribution in [3.8, 4) is 0 Å². The lowest BCUT2D eigenvalue weighted by atomic mass is 9.97. The van der Waals surface area contributed by atoms with E-state index in [0.29, 0.717) is 5.56 Å². The van der Waals surface area contributed by atoms with Crippen molar-refractivity contribution in [1.29, 1.82) is 0 Å². The highest BCUT2D eigenvalue weighted by atomic mass is 32.2. The van der Waals surface area contributed by atoms with Crippen LogP contribution in [0.2, 0.25) is 0 Å². The number of sulfonamides is 1. The Morgan fingerprint density at radius 1 is 0.870 bits per heavy atom. The summed E-state index contributed by atoms with van der Waals surface area (Å²) in [4.78, 5) is 0. The molecule has 0 saturated heterocycles. The van der Waals surface area contributed by atoms with Gasteiger partial charge in [0.2, 0.25) is 10.0 Å². The first-order valence-electron chi connectivity index (χ1n) is 7.52. The van der Waals surface area contributed by atoms with E-state index in [1.807, 2.05) is 48.5 Å². The predicted octanol–water partition coefficient (Wildman–Crippen LogP) is 3.18. The molecule has 2 rings (SSSR count). The molecule has 0 aromatic heterocycles. The molecular weight excluding hydrogens is 310 g/mol. The van der Waals surface area contributed by atoms with E-state index in [1.54, 1.807) is 32.9 Å². The van der Waals surface area contributed by atoms with Gasteiger partial charge in [-0.05, 0) is 31.9 Å². The van der Waals surface area contributed by atoms with Crippen LogP contribution in [0.15, 0.2) is 60.7 Å². The molecule has 4 nitrogen and oxygen atoms in total. The molecule has 0 aliphatic carbocycles. The fourth-order valence-electron chi connectivity index (χ4n) is 2.16. The molecule has 2 aromatic rings. The second-order valence-corrected chi connectivity index (χ2v) is 8.94. The highest BCUT2D eigenvalue weighted by Gasteiger charge is 2.34. The summed E-state index contributed by atoms with van der Waals surface area (Å²) in [5.74, 6) is 0. The molecular formula is C18H23NO3S. The third-order valence-electron chi connectivity index (χ3n) is 3.70. The van der Waals surface area contributed by atoms with Gasteiger partial charge in [-0.2, -0.15) is 0 Å². The maximum atomic E-state index is 12.5. The SMILES string of the molecule is CC(C)(C)S(=O)(=O)N[C@H](c1ccccc1)[C@H](O)c1ccccc1. The van der Waals surface area contributed by atoms with Crippen LogP contribution in [0.5, 0.6) is 0 Å². The Bertz CT molecular complexity index is 722. The minimum Gasteiger partial charge on any atom is -0.386 e. The predicted molar refractivity (Wildman–Crippen MR) is 92.4 cm³/mol. The van der Waals surface area contributed by atoms with Crippen LogP contribution in [0.4, 0.5) is 0 Å². The molecule has 0 spiro atoms. The Morgan fingerprint density at radius 2 is 1.30 bits per heavy atom. The van der Waals surface area contributed by atoms with Crippen LogP contribution in [0.25, 0.3) is 0 Å². The van der Waals surface area contributed by atoms with E-state index >= 15 is 0 Å². The normalized spacial score (nSPS) is 15.1. The van der Waals surface area contributed by atoms with Gasteiger partial charge < -0.3 is 5.11 Å². The molecule has 0 radical (unpaired) electrons. The van der Waals surface area contributed by atoms with Crippen LogP contribution in [-0.4, -0.2) is 18.3 Å². The number of aliphatic hydroxyl groups excluding tert-OH is 1. The van der Waals surface area contributed by atoms with Crippen LogP contribution >= 0.6 is 0 Å². The lowest BCUT2D eigenvalue weighted by molar-refractivity contribution is 0.139. The van der Waals surface area contributed by atoms with E-state index in [4.69, 9.17) is 0 Å². The summed E-state index contributed by atoms with van der Waals surface area (Å²) in [6, 6.07) is 17.4. The van der Waals surface area contributed by atoms with Crippen LogP contribution in [0.3, 0.4) is 0 Å². The summed E-state index contributed by atoms with van der Waals surface area (Å²) in [6.45, 7) is 4.89. The highest BCUT2D eigenvalue weighted by molar-refractivity contribution is 7.90. The van der Waals surface area contributed by atoms with Gasteiger partial charge in [-0.15, -0.1) is 0 Å². The monoisotopic (exact) mass is 333 g/mol. The van der Waals surface area contributed by atoms with Crippen molar-refractivity contribution in [3.05, 3.63) is 71.8 Å². The molecule has 0 aliphatic rings. The molecule has 0 amide bonds. The summed E-state index contributed by atoms with van der Waals surface area (Å²) in [7, 11) is -3.61. The number of nitrogens with one attached hydrogen (secondary N) is 1. The molecule has 0 heterocycles. The van der Waals surface area contributed by atoms with Crippen molar-refractivity contribution in [1.82, 2.24) is 4.72 Å². The smallest absolute Gasteiger partial charge is 0.217 e. The first-order chi connectivity index (χ1) is 10.7. The van der Waals surface area contributed by atoms with Gasteiger partial charge in [0.1, 0.15) is 0 Å². The molecule has 23 heavy (non-hydrogen) atoms. The Labute approximate surface area is 138 Å². The first-order valence-corrected chi connectivity index (χ1v) is 9.00. The van der Waals surface area contributed by atoms with E-state index in [-0.39, 0.29) is 0 Å². The maximum absolute atomic E-state index is 12.5. The third kappa shape index (κ3) is 4.19. The summed E-state index contributed by atoms with van der Waals surface area (Å²) < 4.78 is 26.8. The second kappa shape index (κ2) is 6.83. The molecule has 0 bridgehead atoms. The van der Waals surface area contributed by atoms with Gasteiger partial charge in [0.15, 0.2) is 0 Å². The Kier molecular flexibility index (Phi) is 5.24. The van der Waals surface area contributed by atoms with Crippen LogP contribution in [0, 0.1) is 0 Å². The number of benzene rings is 2. The van der Waals surface area contributed by atoms with Crippen LogP contribution in [0.1, 0.15) is 44.0 Å². The van der Waals surface area contributed by atoms with Crippen molar-refractivity contribution >= 4 is 10.0 Å². The molecule has 0 saturated carbocycles. The zero-order chi connectivity index (χ0) is 17.1. The topological polar surface area (TPSA) is 66.4 Å². The van der Waals surface area contributed by atoms with E-state index in [2.05, 4.69) is 4.72 Å². The molecule has 0 aliphatic heterocycles.